The highest BCUT2D eigenvalue weighted by atomic mass is 19.4. The van der Waals surface area contributed by atoms with Gasteiger partial charge in [-0.2, -0.15) is 13.2 Å². The number of aryl methyl sites for hydroxylation is 1. The van der Waals surface area contributed by atoms with E-state index in [4.69, 9.17) is 0 Å². The van der Waals surface area contributed by atoms with Crippen LogP contribution in [0.15, 0.2) is 36.5 Å². The van der Waals surface area contributed by atoms with Crippen molar-refractivity contribution in [1.29, 1.82) is 0 Å². The summed E-state index contributed by atoms with van der Waals surface area (Å²) in [4.78, 5) is 15.4. The molecule has 0 saturated carbocycles. The first-order valence-corrected chi connectivity index (χ1v) is 7.15. The van der Waals surface area contributed by atoms with Gasteiger partial charge in [0.1, 0.15) is 5.82 Å². The second-order valence-electron chi connectivity index (χ2n) is 5.33. The molecule has 120 valence electrons. The molecule has 0 radical (unpaired) electrons. The third-order valence-corrected chi connectivity index (χ3v) is 3.59. The molecule has 4 nitrogen and oxygen atoms in total. The smallest absolute Gasteiger partial charge is 0.340 e. The summed E-state index contributed by atoms with van der Waals surface area (Å²) in [6.45, 7) is 0. The van der Waals surface area contributed by atoms with E-state index in [9.17, 15) is 18.0 Å². The number of alkyl halides is 3. The molecule has 0 aliphatic carbocycles. The number of benzene rings is 1. The Bertz CT molecular complexity index is 744. The van der Waals surface area contributed by atoms with E-state index in [-0.39, 0.29) is 11.7 Å². The van der Waals surface area contributed by atoms with Crippen molar-refractivity contribution >= 4 is 23.1 Å². The summed E-state index contributed by atoms with van der Waals surface area (Å²) in [5.41, 5.74) is 1.58. The van der Waals surface area contributed by atoms with Crippen molar-refractivity contribution in [2.45, 2.75) is 25.4 Å². The van der Waals surface area contributed by atoms with E-state index in [2.05, 4.69) is 15.6 Å². The van der Waals surface area contributed by atoms with Gasteiger partial charge in [0.15, 0.2) is 0 Å². The van der Waals surface area contributed by atoms with Crippen molar-refractivity contribution in [2.75, 3.05) is 10.6 Å². The average Bonchev–Trinajstić information content (AvgIpc) is 2.67. The molecule has 1 amide bonds. The van der Waals surface area contributed by atoms with Gasteiger partial charge in [-0.15, -0.1) is 0 Å². The first-order chi connectivity index (χ1) is 10.9. The molecule has 2 N–H and O–H groups in total. The number of aromatic nitrogens is 1. The number of carbonyl (C=O) groups is 1. The van der Waals surface area contributed by atoms with Crippen molar-refractivity contribution in [2.24, 2.45) is 0 Å². The van der Waals surface area contributed by atoms with Crippen LogP contribution in [0, 0.1) is 0 Å². The lowest BCUT2D eigenvalue weighted by Crippen LogP contribution is -2.09. The zero-order valence-corrected chi connectivity index (χ0v) is 12.1. The van der Waals surface area contributed by atoms with Gasteiger partial charge in [-0.3, -0.25) is 4.79 Å². The minimum absolute atomic E-state index is 0.0241. The number of carbonyl (C=O) groups excluding carboxylic acids is 1. The molecule has 3 rings (SSSR count). The maximum absolute atomic E-state index is 12.7. The normalized spacial score (nSPS) is 14.7. The summed E-state index contributed by atoms with van der Waals surface area (Å²) < 4.78 is 38.2. The Labute approximate surface area is 130 Å². The van der Waals surface area contributed by atoms with Gasteiger partial charge < -0.3 is 10.6 Å². The lowest BCUT2D eigenvalue weighted by Gasteiger charge is -2.12. The van der Waals surface area contributed by atoms with Crippen molar-refractivity contribution < 1.29 is 18.0 Å². The van der Waals surface area contributed by atoms with Gasteiger partial charge in [-0.25, -0.2) is 4.98 Å². The summed E-state index contributed by atoms with van der Waals surface area (Å²) in [5, 5.41) is 5.69. The molecular weight excluding hydrogens is 307 g/mol. The number of rotatable bonds is 2. The van der Waals surface area contributed by atoms with Crippen molar-refractivity contribution in [1.82, 2.24) is 4.98 Å². The van der Waals surface area contributed by atoms with Crippen molar-refractivity contribution in [3.8, 4) is 0 Å². The Morgan fingerprint density at radius 2 is 1.96 bits per heavy atom. The van der Waals surface area contributed by atoms with Crippen LogP contribution in [0.25, 0.3) is 0 Å². The number of nitrogens with zero attached hydrogens (tertiary/aromatic N) is 1. The molecule has 1 aliphatic heterocycles. The predicted molar refractivity (Wildman–Crippen MR) is 80.5 cm³/mol. The fourth-order valence-corrected chi connectivity index (χ4v) is 2.48. The molecule has 1 aromatic heterocycles. The van der Waals surface area contributed by atoms with E-state index >= 15 is 0 Å². The molecule has 0 fully saturated rings. The van der Waals surface area contributed by atoms with Gasteiger partial charge in [0.25, 0.3) is 0 Å². The molecule has 23 heavy (non-hydrogen) atoms. The highest BCUT2D eigenvalue weighted by molar-refractivity contribution is 5.92. The Morgan fingerprint density at radius 3 is 2.74 bits per heavy atom. The molecule has 0 bridgehead atoms. The highest BCUT2D eigenvalue weighted by Crippen LogP contribution is 2.31. The summed E-state index contributed by atoms with van der Waals surface area (Å²) in [6, 6.07) is 7.16. The quantitative estimate of drug-likeness (QED) is 0.875. The summed E-state index contributed by atoms with van der Waals surface area (Å²) in [7, 11) is 0. The summed E-state index contributed by atoms with van der Waals surface area (Å²) >= 11 is 0. The van der Waals surface area contributed by atoms with E-state index in [0.717, 1.165) is 42.4 Å². The van der Waals surface area contributed by atoms with Crippen LogP contribution in [0.4, 0.5) is 30.4 Å². The van der Waals surface area contributed by atoms with E-state index in [0.29, 0.717) is 12.1 Å². The number of fused-ring (bicyclic) bond motifs is 1. The van der Waals surface area contributed by atoms with Gasteiger partial charge in [0.2, 0.25) is 5.91 Å². The molecule has 0 saturated heterocycles. The number of nitrogens with one attached hydrogen (secondary N) is 2. The standard InChI is InChI=1S/C16H14F3N3O/c17-16(18,19)11-6-7-20-14(9-11)21-12-4-5-13-10(8-12)2-1-3-15(23)22-13/h4-9H,1-3H2,(H,20,21)(H,22,23). The molecule has 2 heterocycles. The van der Waals surface area contributed by atoms with Crippen LogP contribution < -0.4 is 10.6 Å². The minimum Gasteiger partial charge on any atom is -0.340 e. The van der Waals surface area contributed by atoms with Crippen LogP contribution in [-0.2, 0) is 17.4 Å². The monoisotopic (exact) mass is 321 g/mol. The van der Waals surface area contributed by atoms with Gasteiger partial charge in [-0.05, 0) is 48.7 Å². The first kappa shape index (κ1) is 15.3. The third kappa shape index (κ3) is 3.61. The summed E-state index contributed by atoms with van der Waals surface area (Å²) in [6.07, 6.45) is -1.34. The molecule has 0 atom stereocenters. The van der Waals surface area contributed by atoms with Crippen LogP contribution in [0.3, 0.4) is 0 Å². The largest absolute Gasteiger partial charge is 0.416 e. The van der Waals surface area contributed by atoms with Gasteiger partial charge in [-0.1, -0.05) is 0 Å². The number of hydrogen-bond donors (Lipinski definition) is 2. The molecule has 7 heteroatoms. The Morgan fingerprint density at radius 1 is 1.13 bits per heavy atom. The number of halogens is 3. The van der Waals surface area contributed by atoms with E-state index in [1.165, 1.54) is 0 Å². The fraction of sp³-hybridized carbons (Fsp3) is 0.250. The summed E-state index contributed by atoms with van der Waals surface area (Å²) in [5.74, 6) is 0.0986. The molecule has 2 aromatic rings. The number of pyridine rings is 1. The minimum atomic E-state index is -4.41. The Hall–Kier alpha value is -2.57. The van der Waals surface area contributed by atoms with Crippen molar-refractivity contribution in [3.63, 3.8) is 0 Å². The predicted octanol–water partition coefficient (Wildman–Crippen LogP) is 4.12. The third-order valence-electron chi connectivity index (χ3n) is 3.59. The first-order valence-electron chi connectivity index (χ1n) is 7.15. The Balaban J connectivity index is 1.84. The molecule has 1 aromatic carbocycles. The topological polar surface area (TPSA) is 54.0 Å². The van der Waals surface area contributed by atoms with E-state index in [1.807, 2.05) is 6.07 Å². The van der Waals surface area contributed by atoms with Crippen molar-refractivity contribution in [3.05, 3.63) is 47.7 Å². The average molecular weight is 321 g/mol. The van der Waals surface area contributed by atoms with E-state index < -0.39 is 11.7 Å². The maximum Gasteiger partial charge on any atom is 0.416 e. The van der Waals surface area contributed by atoms with Gasteiger partial charge in [0.05, 0.1) is 5.56 Å². The lowest BCUT2D eigenvalue weighted by atomic mass is 10.1. The second kappa shape index (κ2) is 5.91. The maximum atomic E-state index is 12.7. The van der Waals surface area contributed by atoms with Crippen LogP contribution in [0.2, 0.25) is 0 Å². The SMILES string of the molecule is O=C1CCCc2cc(Nc3cc(C(F)(F)F)ccn3)ccc2N1. The Kier molecular flexibility index (Phi) is 3.94. The molecule has 0 unspecified atom stereocenters. The number of amides is 1. The zero-order valence-electron chi connectivity index (χ0n) is 12.1. The van der Waals surface area contributed by atoms with Gasteiger partial charge in [0, 0.05) is 24.0 Å². The lowest BCUT2D eigenvalue weighted by molar-refractivity contribution is -0.137. The van der Waals surface area contributed by atoms with E-state index in [1.54, 1.807) is 12.1 Å². The molecular formula is C16H14F3N3O. The zero-order chi connectivity index (χ0) is 16.4. The fourth-order valence-electron chi connectivity index (χ4n) is 2.48. The van der Waals surface area contributed by atoms with Crippen LogP contribution in [0.5, 0.6) is 0 Å². The number of anilines is 3. The molecule has 0 spiro atoms. The van der Waals surface area contributed by atoms with Gasteiger partial charge >= 0.3 is 6.18 Å². The van der Waals surface area contributed by atoms with Crippen LogP contribution in [-0.4, -0.2) is 10.9 Å². The van der Waals surface area contributed by atoms with Crippen LogP contribution >= 0.6 is 0 Å². The highest BCUT2D eigenvalue weighted by Gasteiger charge is 2.30. The second-order valence-corrected chi connectivity index (χ2v) is 5.33. The number of hydrogen-bond acceptors (Lipinski definition) is 3. The van der Waals surface area contributed by atoms with Crippen LogP contribution in [0.1, 0.15) is 24.0 Å². The molecule has 1 aliphatic rings.